The normalized spacial score (nSPS) is 12.7. The van der Waals surface area contributed by atoms with Crippen LogP contribution in [0.5, 0.6) is 0 Å². The number of hydrogen-bond acceptors (Lipinski definition) is 9. The summed E-state index contributed by atoms with van der Waals surface area (Å²) in [5, 5.41) is 0. The Bertz CT molecular complexity index is 1680. The lowest BCUT2D eigenvalue weighted by molar-refractivity contribution is 0.0907. The molecule has 12 heteroatoms. The zero-order chi connectivity index (χ0) is 31.8. The number of aryl methyl sites for hydroxylation is 9. The summed E-state index contributed by atoms with van der Waals surface area (Å²) in [6.07, 6.45) is -1.63. The third-order valence-corrected chi connectivity index (χ3v) is 11.5. The first-order valence-corrected chi connectivity index (χ1v) is 17.4. The Morgan fingerprint density at radius 3 is 0.952 bits per heavy atom. The van der Waals surface area contributed by atoms with E-state index < -0.39 is 49.7 Å². The molecule has 3 aromatic carbocycles. The fourth-order valence-corrected chi connectivity index (χ4v) is 9.65. The van der Waals surface area contributed by atoms with Gasteiger partial charge < -0.3 is 0 Å². The summed E-state index contributed by atoms with van der Waals surface area (Å²) in [4.78, 5) is -0.210. The number of rotatable bonds is 11. The van der Waals surface area contributed by atoms with Crippen molar-refractivity contribution in [3.05, 3.63) is 86.5 Å². The average Bonchev–Trinajstić information content (AvgIpc) is 2.78. The topological polar surface area (TPSA) is 130 Å². The Labute approximate surface area is 250 Å². The van der Waals surface area contributed by atoms with E-state index in [2.05, 4.69) is 0 Å². The number of hydrogen-bond donors (Lipinski definition) is 0. The van der Waals surface area contributed by atoms with Crippen molar-refractivity contribution in [2.24, 2.45) is 0 Å². The summed E-state index contributed by atoms with van der Waals surface area (Å²) >= 11 is 0. The molecule has 0 aliphatic carbocycles. The summed E-state index contributed by atoms with van der Waals surface area (Å²) < 4.78 is 95.8. The summed E-state index contributed by atoms with van der Waals surface area (Å²) in [5.74, 6) is 0. The molecule has 0 heterocycles. The van der Waals surface area contributed by atoms with Gasteiger partial charge in [-0.15, -0.1) is 0 Å². The van der Waals surface area contributed by atoms with Crippen LogP contribution in [0, 0.1) is 62.3 Å². The second-order valence-electron chi connectivity index (χ2n) is 10.8. The molecule has 0 saturated heterocycles. The van der Waals surface area contributed by atoms with Crippen LogP contribution in [0.15, 0.2) is 51.1 Å². The van der Waals surface area contributed by atoms with E-state index in [4.69, 9.17) is 12.5 Å². The molecule has 3 aromatic rings. The predicted octanol–water partition coefficient (Wildman–Crippen LogP) is 5.35. The van der Waals surface area contributed by atoms with Gasteiger partial charge in [-0.2, -0.15) is 25.3 Å². The van der Waals surface area contributed by atoms with Crippen LogP contribution in [0.2, 0.25) is 0 Å². The minimum absolute atomic E-state index is 0.0561. The van der Waals surface area contributed by atoms with Crippen LogP contribution >= 0.6 is 0 Å². The number of benzene rings is 3. The first-order chi connectivity index (χ1) is 19.2. The highest BCUT2D eigenvalue weighted by Gasteiger charge is 2.31. The molecule has 230 valence electrons. The van der Waals surface area contributed by atoms with Gasteiger partial charge >= 0.3 is 0 Å². The molecular weight excluding hydrogens is 601 g/mol. The molecule has 0 aliphatic heterocycles. The van der Waals surface area contributed by atoms with Gasteiger partial charge in [0.15, 0.2) is 0 Å². The fourth-order valence-electron chi connectivity index (χ4n) is 5.46. The van der Waals surface area contributed by atoms with Crippen molar-refractivity contribution >= 4 is 30.4 Å². The summed E-state index contributed by atoms with van der Waals surface area (Å²) in [5.41, 5.74) is 5.22. The predicted molar refractivity (Wildman–Crippen MR) is 160 cm³/mol. The lowest BCUT2D eigenvalue weighted by Crippen LogP contribution is -2.32. The van der Waals surface area contributed by atoms with Gasteiger partial charge in [0.1, 0.15) is 6.10 Å². The minimum Gasteiger partial charge on any atom is -0.263 e. The van der Waals surface area contributed by atoms with Crippen LogP contribution in [0.4, 0.5) is 0 Å². The van der Waals surface area contributed by atoms with Crippen molar-refractivity contribution in [3.8, 4) is 0 Å². The van der Waals surface area contributed by atoms with Gasteiger partial charge in [0, 0.05) is 0 Å². The lowest BCUT2D eigenvalue weighted by Gasteiger charge is -2.21. The highest BCUT2D eigenvalue weighted by molar-refractivity contribution is 7.87. The summed E-state index contributed by atoms with van der Waals surface area (Å²) in [6.45, 7) is 13.6. The molecule has 0 aliphatic rings. The van der Waals surface area contributed by atoms with Gasteiger partial charge in [-0.25, -0.2) is 0 Å². The zero-order valence-electron chi connectivity index (χ0n) is 25.4. The van der Waals surface area contributed by atoms with Gasteiger partial charge in [0.05, 0.1) is 27.9 Å². The van der Waals surface area contributed by atoms with Crippen LogP contribution in [0.25, 0.3) is 0 Å². The van der Waals surface area contributed by atoms with E-state index in [9.17, 15) is 25.3 Å². The van der Waals surface area contributed by atoms with Crippen LogP contribution in [0.1, 0.15) is 50.1 Å². The Morgan fingerprint density at radius 2 is 0.690 bits per heavy atom. The molecule has 9 nitrogen and oxygen atoms in total. The molecule has 0 aromatic heterocycles. The zero-order valence-corrected chi connectivity index (χ0v) is 27.8. The van der Waals surface area contributed by atoms with E-state index >= 15 is 0 Å². The van der Waals surface area contributed by atoms with E-state index in [1.165, 1.54) is 0 Å². The highest BCUT2D eigenvalue weighted by Crippen LogP contribution is 2.28. The Morgan fingerprint density at radius 1 is 0.452 bits per heavy atom. The van der Waals surface area contributed by atoms with Crippen molar-refractivity contribution in [2.75, 3.05) is 13.2 Å². The van der Waals surface area contributed by atoms with Crippen LogP contribution in [0.3, 0.4) is 0 Å². The Balaban J connectivity index is 1.98. The lowest BCUT2D eigenvalue weighted by atomic mass is 10.1. The van der Waals surface area contributed by atoms with Crippen molar-refractivity contribution < 1.29 is 37.8 Å². The van der Waals surface area contributed by atoms with Crippen LogP contribution in [-0.2, 0) is 42.9 Å². The smallest absolute Gasteiger partial charge is 0.263 e. The van der Waals surface area contributed by atoms with E-state index in [-0.39, 0.29) is 14.7 Å². The van der Waals surface area contributed by atoms with Gasteiger partial charge in [-0.05, 0) is 95.7 Å². The maximum Gasteiger partial charge on any atom is 0.297 e. The SMILES string of the molecule is Cc1cc(C)c(S(=O)(=O)OCC(COS(=O)(=O)c2c(C)cc(C)cc2C)OS(=O)(=O)c2c(C)cc(C)cc2C)c(C)c1. The maximum absolute atomic E-state index is 13.4. The van der Waals surface area contributed by atoms with Gasteiger partial charge in [0.25, 0.3) is 30.4 Å². The van der Waals surface area contributed by atoms with Crippen molar-refractivity contribution in [2.45, 2.75) is 83.1 Å². The molecule has 3 rings (SSSR count). The molecule has 0 fully saturated rings. The van der Waals surface area contributed by atoms with Crippen molar-refractivity contribution in [1.82, 2.24) is 0 Å². The molecule has 0 unspecified atom stereocenters. The summed E-state index contributed by atoms with van der Waals surface area (Å²) in [7, 11) is -13.3. The van der Waals surface area contributed by atoms with Crippen molar-refractivity contribution in [3.63, 3.8) is 0 Å². The first kappa shape index (κ1) is 33.9. The quantitative estimate of drug-likeness (QED) is 0.255. The van der Waals surface area contributed by atoms with E-state index in [1.54, 1.807) is 77.9 Å². The molecule has 0 amide bonds. The summed E-state index contributed by atoms with van der Waals surface area (Å²) in [6, 6.07) is 10.1. The third kappa shape index (κ3) is 7.66. The molecule has 0 radical (unpaired) electrons. The largest absolute Gasteiger partial charge is 0.297 e. The second-order valence-corrected chi connectivity index (χ2v) is 15.4. The Hall–Kier alpha value is -2.61. The fraction of sp³-hybridized carbons (Fsp3) is 0.400. The van der Waals surface area contributed by atoms with Gasteiger partial charge in [-0.1, -0.05) is 53.1 Å². The monoisotopic (exact) mass is 638 g/mol. The Kier molecular flexibility index (Phi) is 10.1. The van der Waals surface area contributed by atoms with Crippen LogP contribution in [-0.4, -0.2) is 44.6 Å². The maximum atomic E-state index is 13.4. The molecule has 0 saturated carbocycles. The van der Waals surface area contributed by atoms with E-state index in [0.29, 0.717) is 33.4 Å². The minimum atomic E-state index is -4.50. The van der Waals surface area contributed by atoms with Gasteiger partial charge in [0.2, 0.25) is 0 Å². The average molecular weight is 639 g/mol. The molecule has 0 spiro atoms. The second kappa shape index (κ2) is 12.6. The van der Waals surface area contributed by atoms with Crippen LogP contribution < -0.4 is 0 Å². The standard InChI is InChI=1S/C30H38O9S3/c1-18-10-21(4)28(22(5)11-18)40(31,32)37-16-27(39-42(35,36)30-25(8)14-20(3)15-26(30)9)17-38-41(33,34)29-23(6)12-19(2)13-24(29)7/h10-15,27H,16-17H2,1-9H3. The van der Waals surface area contributed by atoms with Crippen molar-refractivity contribution in [1.29, 1.82) is 0 Å². The van der Waals surface area contributed by atoms with E-state index in [1.807, 2.05) is 20.8 Å². The first-order valence-electron chi connectivity index (χ1n) is 13.2. The van der Waals surface area contributed by atoms with E-state index in [0.717, 1.165) is 16.7 Å². The molecule has 0 bridgehead atoms. The third-order valence-electron chi connectivity index (χ3n) is 6.64. The molecule has 0 N–H and O–H groups in total. The molecule has 0 atom stereocenters. The van der Waals surface area contributed by atoms with Gasteiger partial charge in [-0.3, -0.25) is 12.5 Å². The molecular formula is C30H38O9S3. The highest BCUT2D eigenvalue weighted by atomic mass is 32.2. The molecule has 42 heavy (non-hydrogen) atoms.